The number of nitrogens with two attached hydrogens (primary N) is 1. The van der Waals surface area contributed by atoms with Crippen molar-refractivity contribution in [1.82, 2.24) is 5.32 Å². The molecular formula is C12H26N2O2. The number of aliphatic hydroxyl groups is 1. The molecule has 0 radical (unpaired) electrons. The van der Waals surface area contributed by atoms with E-state index in [0.29, 0.717) is 24.5 Å². The molecule has 16 heavy (non-hydrogen) atoms. The maximum Gasteiger partial charge on any atom is 0.0509 e. The molecule has 96 valence electrons. The number of hydrogen-bond acceptors (Lipinski definition) is 4. The third kappa shape index (κ3) is 4.01. The Morgan fingerprint density at radius 3 is 2.75 bits per heavy atom. The van der Waals surface area contributed by atoms with Crippen LogP contribution in [0.5, 0.6) is 0 Å². The van der Waals surface area contributed by atoms with E-state index in [4.69, 9.17) is 15.6 Å². The van der Waals surface area contributed by atoms with Crippen LogP contribution < -0.4 is 11.1 Å². The topological polar surface area (TPSA) is 67.5 Å². The van der Waals surface area contributed by atoms with Crippen molar-refractivity contribution in [2.45, 2.75) is 38.8 Å². The highest BCUT2D eigenvalue weighted by atomic mass is 16.5. The zero-order valence-corrected chi connectivity index (χ0v) is 10.5. The molecular weight excluding hydrogens is 204 g/mol. The predicted molar refractivity (Wildman–Crippen MR) is 65.2 cm³/mol. The minimum absolute atomic E-state index is 0.215. The molecule has 0 aromatic carbocycles. The van der Waals surface area contributed by atoms with E-state index in [2.05, 4.69) is 12.2 Å². The number of hydrogen-bond donors (Lipinski definition) is 3. The second-order valence-corrected chi connectivity index (χ2v) is 4.93. The van der Waals surface area contributed by atoms with Crippen molar-refractivity contribution in [3.05, 3.63) is 0 Å². The fourth-order valence-corrected chi connectivity index (χ4v) is 2.14. The van der Waals surface area contributed by atoms with Crippen molar-refractivity contribution in [2.75, 3.05) is 26.4 Å². The summed E-state index contributed by atoms with van der Waals surface area (Å²) in [6.07, 6.45) is 2.32. The zero-order valence-electron chi connectivity index (χ0n) is 10.5. The van der Waals surface area contributed by atoms with Gasteiger partial charge in [0.25, 0.3) is 0 Å². The average molecular weight is 230 g/mol. The van der Waals surface area contributed by atoms with Crippen molar-refractivity contribution in [2.24, 2.45) is 17.6 Å². The van der Waals surface area contributed by atoms with Gasteiger partial charge < -0.3 is 20.9 Å². The molecule has 4 N–H and O–H groups in total. The van der Waals surface area contributed by atoms with Gasteiger partial charge in [-0.2, -0.15) is 0 Å². The third-order valence-electron chi connectivity index (χ3n) is 3.64. The second kappa shape index (κ2) is 7.22. The van der Waals surface area contributed by atoms with E-state index in [1.54, 1.807) is 0 Å². The van der Waals surface area contributed by atoms with E-state index in [-0.39, 0.29) is 12.5 Å². The van der Waals surface area contributed by atoms with Crippen LogP contribution in [0.25, 0.3) is 0 Å². The van der Waals surface area contributed by atoms with Crippen LogP contribution in [0.1, 0.15) is 26.7 Å². The predicted octanol–water partition coefficient (Wildman–Crippen LogP) is 0.347. The minimum Gasteiger partial charge on any atom is -0.396 e. The second-order valence-electron chi connectivity index (χ2n) is 4.93. The smallest absolute Gasteiger partial charge is 0.0509 e. The molecule has 4 heteroatoms. The number of rotatable bonds is 6. The molecule has 4 nitrogen and oxygen atoms in total. The first-order valence-corrected chi connectivity index (χ1v) is 6.33. The van der Waals surface area contributed by atoms with Crippen LogP contribution in [0.3, 0.4) is 0 Å². The molecule has 1 fully saturated rings. The van der Waals surface area contributed by atoms with Gasteiger partial charge in [0.05, 0.1) is 6.61 Å². The highest BCUT2D eigenvalue weighted by Gasteiger charge is 2.25. The summed E-state index contributed by atoms with van der Waals surface area (Å²) in [5.74, 6) is 0.783. The molecule has 0 aliphatic carbocycles. The fourth-order valence-electron chi connectivity index (χ4n) is 2.14. The van der Waals surface area contributed by atoms with Crippen molar-refractivity contribution in [3.8, 4) is 0 Å². The molecule has 0 aromatic rings. The van der Waals surface area contributed by atoms with Crippen LogP contribution in [0.4, 0.5) is 0 Å². The van der Waals surface area contributed by atoms with E-state index in [1.165, 1.54) is 6.42 Å². The summed E-state index contributed by atoms with van der Waals surface area (Å²) in [7, 11) is 0. The number of aliphatic hydroxyl groups excluding tert-OH is 1. The van der Waals surface area contributed by atoms with E-state index in [1.807, 2.05) is 6.92 Å². The lowest BCUT2D eigenvalue weighted by molar-refractivity contribution is 0.0369. The van der Waals surface area contributed by atoms with E-state index >= 15 is 0 Å². The Morgan fingerprint density at radius 2 is 2.25 bits per heavy atom. The normalized spacial score (nSPS) is 27.4. The van der Waals surface area contributed by atoms with Crippen molar-refractivity contribution >= 4 is 0 Å². The van der Waals surface area contributed by atoms with Crippen LogP contribution in [0.15, 0.2) is 0 Å². The lowest BCUT2D eigenvalue weighted by atomic mass is 9.92. The van der Waals surface area contributed by atoms with Gasteiger partial charge in [0.15, 0.2) is 0 Å². The van der Waals surface area contributed by atoms with Gasteiger partial charge >= 0.3 is 0 Å². The molecule has 1 aliphatic rings. The summed E-state index contributed by atoms with van der Waals surface area (Å²) in [6, 6.07) is 0.602. The number of ether oxygens (including phenoxy) is 1. The molecule has 1 heterocycles. The molecule has 1 rings (SSSR count). The van der Waals surface area contributed by atoms with E-state index < -0.39 is 0 Å². The number of nitrogens with one attached hydrogen (secondary N) is 1. The Balaban J connectivity index is 2.40. The van der Waals surface area contributed by atoms with Gasteiger partial charge in [-0.15, -0.1) is 0 Å². The Hall–Kier alpha value is -0.160. The lowest BCUT2D eigenvalue weighted by Gasteiger charge is -2.33. The fraction of sp³-hybridized carbons (Fsp3) is 1.00. The molecule has 1 saturated heterocycles. The van der Waals surface area contributed by atoms with Gasteiger partial charge in [-0.3, -0.25) is 0 Å². The third-order valence-corrected chi connectivity index (χ3v) is 3.64. The Kier molecular flexibility index (Phi) is 6.28. The first-order valence-electron chi connectivity index (χ1n) is 6.33. The van der Waals surface area contributed by atoms with E-state index in [0.717, 1.165) is 19.6 Å². The molecule has 4 unspecified atom stereocenters. The van der Waals surface area contributed by atoms with Gasteiger partial charge in [0.1, 0.15) is 0 Å². The first-order chi connectivity index (χ1) is 7.69. The van der Waals surface area contributed by atoms with Gasteiger partial charge in [-0.1, -0.05) is 6.92 Å². The molecule has 0 amide bonds. The molecule has 0 saturated carbocycles. The molecule has 0 spiro atoms. The summed E-state index contributed by atoms with van der Waals surface area (Å²) >= 11 is 0. The van der Waals surface area contributed by atoms with Crippen LogP contribution in [0, 0.1) is 11.8 Å². The van der Waals surface area contributed by atoms with Crippen LogP contribution in [0.2, 0.25) is 0 Å². The molecule has 1 aliphatic heterocycles. The molecule has 0 bridgehead atoms. The molecule has 4 atom stereocenters. The van der Waals surface area contributed by atoms with Gasteiger partial charge in [-0.05, 0) is 31.6 Å². The summed E-state index contributed by atoms with van der Waals surface area (Å²) in [4.78, 5) is 0. The summed E-state index contributed by atoms with van der Waals surface area (Å²) < 4.78 is 5.49. The lowest BCUT2D eigenvalue weighted by Crippen LogP contribution is -2.50. The maximum atomic E-state index is 9.11. The highest BCUT2D eigenvalue weighted by Crippen LogP contribution is 2.18. The Labute approximate surface area is 98.5 Å². The Bertz CT molecular complexity index is 184. The maximum absolute atomic E-state index is 9.11. The summed E-state index contributed by atoms with van der Waals surface area (Å²) in [6.45, 7) is 6.70. The highest BCUT2D eigenvalue weighted by molar-refractivity contribution is 4.82. The SMILES string of the molecule is CC(CO)C(C)NC(CN)C1CCCOC1. The van der Waals surface area contributed by atoms with Gasteiger partial charge in [0, 0.05) is 31.8 Å². The first kappa shape index (κ1) is 13.9. The summed E-state index contributed by atoms with van der Waals surface area (Å²) in [5, 5.41) is 12.6. The zero-order chi connectivity index (χ0) is 12.0. The largest absolute Gasteiger partial charge is 0.396 e. The van der Waals surface area contributed by atoms with Gasteiger partial charge in [0.2, 0.25) is 0 Å². The molecule has 0 aromatic heterocycles. The standard InChI is InChI=1S/C12H26N2O2/c1-9(7-15)10(2)14-12(6-13)11-4-3-5-16-8-11/h9-12,14-15H,3-8,13H2,1-2H3. The van der Waals surface area contributed by atoms with Crippen molar-refractivity contribution in [3.63, 3.8) is 0 Å². The van der Waals surface area contributed by atoms with Crippen molar-refractivity contribution in [1.29, 1.82) is 0 Å². The quantitative estimate of drug-likeness (QED) is 0.616. The van der Waals surface area contributed by atoms with E-state index in [9.17, 15) is 0 Å². The minimum atomic E-state index is 0.215. The van der Waals surface area contributed by atoms with Crippen LogP contribution in [-0.2, 0) is 4.74 Å². The monoisotopic (exact) mass is 230 g/mol. The van der Waals surface area contributed by atoms with Crippen molar-refractivity contribution < 1.29 is 9.84 Å². The average Bonchev–Trinajstić information content (AvgIpc) is 2.35. The van der Waals surface area contributed by atoms with Crippen LogP contribution >= 0.6 is 0 Å². The van der Waals surface area contributed by atoms with Gasteiger partial charge in [-0.25, -0.2) is 0 Å². The van der Waals surface area contributed by atoms with Crippen LogP contribution in [-0.4, -0.2) is 43.6 Å². The Morgan fingerprint density at radius 1 is 1.50 bits per heavy atom. The summed E-state index contributed by atoms with van der Waals surface area (Å²) in [5.41, 5.74) is 5.81.